The molecule has 0 amide bonds. The van der Waals surface area contributed by atoms with Crippen molar-refractivity contribution in [3.63, 3.8) is 0 Å². The van der Waals surface area contributed by atoms with E-state index in [1.54, 1.807) is 0 Å². The molecule has 2 nitrogen and oxygen atoms in total. The molecule has 0 saturated carbocycles. The van der Waals surface area contributed by atoms with Gasteiger partial charge in [-0.3, -0.25) is 0 Å². The van der Waals surface area contributed by atoms with Crippen LogP contribution >= 0.6 is 0 Å². The van der Waals surface area contributed by atoms with Crippen LogP contribution < -0.4 is 11.1 Å². The summed E-state index contributed by atoms with van der Waals surface area (Å²) >= 11 is 0. The average Bonchev–Trinajstić information content (AvgIpc) is 2.46. The van der Waals surface area contributed by atoms with Gasteiger partial charge in [-0.1, -0.05) is 42.5 Å². The minimum absolute atomic E-state index is 0.768. The molecule has 0 unspecified atom stereocenters. The van der Waals surface area contributed by atoms with E-state index in [2.05, 4.69) is 55.6 Å². The van der Waals surface area contributed by atoms with Crippen molar-refractivity contribution in [1.82, 2.24) is 0 Å². The third-order valence-corrected chi connectivity index (χ3v) is 3.61. The van der Waals surface area contributed by atoms with E-state index < -0.39 is 0 Å². The molecule has 0 saturated heterocycles. The number of nitrogens with one attached hydrogen (secondary N) is 1. The van der Waals surface area contributed by atoms with Gasteiger partial charge in [-0.05, 0) is 42.5 Å². The average molecular weight is 262 g/mol. The third kappa shape index (κ3) is 2.21. The van der Waals surface area contributed by atoms with Gasteiger partial charge >= 0.3 is 0 Å². The molecule has 0 fully saturated rings. The first-order valence-electron chi connectivity index (χ1n) is 6.76. The van der Waals surface area contributed by atoms with Gasteiger partial charge in [0.05, 0.1) is 11.4 Å². The van der Waals surface area contributed by atoms with Gasteiger partial charge in [0.2, 0.25) is 0 Å². The Morgan fingerprint density at radius 3 is 2.55 bits per heavy atom. The molecule has 0 aromatic heterocycles. The molecular formula is C18H18N2. The standard InChI is InChI=1S/C18H18N2/c1-12-7-8-13(2)17(11-12)20-18-15-6-4-3-5-14(15)9-10-16(18)19/h3-11,20H,19H2,1-2H3. The van der Waals surface area contributed by atoms with Crippen LogP contribution in [0.3, 0.4) is 0 Å². The SMILES string of the molecule is Cc1ccc(C)c(Nc2c(N)ccc3ccccc23)c1. The molecule has 2 heteroatoms. The maximum atomic E-state index is 6.16. The van der Waals surface area contributed by atoms with E-state index in [1.165, 1.54) is 16.5 Å². The summed E-state index contributed by atoms with van der Waals surface area (Å²) < 4.78 is 0. The summed E-state index contributed by atoms with van der Waals surface area (Å²) in [7, 11) is 0. The molecule has 0 heterocycles. The first kappa shape index (κ1) is 12.5. The van der Waals surface area contributed by atoms with Crippen LogP contribution in [-0.2, 0) is 0 Å². The molecule has 0 atom stereocenters. The monoisotopic (exact) mass is 262 g/mol. The van der Waals surface area contributed by atoms with E-state index in [0.717, 1.165) is 22.4 Å². The lowest BCUT2D eigenvalue weighted by Crippen LogP contribution is -1.99. The van der Waals surface area contributed by atoms with Crippen molar-refractivity contribution in [2.45, 2.75) is 13.8 Å². The minimum atomic E-state index is 0.768. The van der Waals surface area contributed by atoms with Gasteiger partial charge in [-0.25, -0.2) is 0 Å². The summed E-state index contributed by atoms with van der Waals surface area (Å²) in [4.78, 5) is 0. The summed E-state index contributed by atoms with van der Waals surface area (Å²) in [6, 6.07) is 18.7. The number of aryl methyl sites for hydroxylation is 2. The zero-order chi connectivity index (χ0) is 14.1. The molecule has 0 radical (unpaired) electrons. The molecule has 3 N–H and O–H groups in total. The fraction of sp³-hybridized carbons (Fsp3) is 0.111. The highest BCUT2D eigenvalue weighted by atomic mass is 14.9. The van der Waals surface area contributed by atoms with Crippen molar-refractivity contribution in [1.29, 1.82) is 0 Å². The first-order valence-corrected chi connectivity index (χ1v) is 6.76. The fourth-order valence-corrected chi connectivity index (χ4v) is 2.43. The van der Waals surface area contributed by atoms with Crippen LogP contribution in [0.1, 0.15) is 11.1 Å². The molecule has 0 aliphatic carbocycles. The van der Waals surface area contributed by atoms with E-state index in [0.29, 0.717) is 0 Å². The van der Waals surface area contributed by atoms with Crippen LogP contribution in [0.5, 0.6) is 0 Å². The van der Waals surface area contributed by atoms with E-state index >= 15 is 0 Å². The lowest BCUT2D eigenvalue weighted by molar-refractivity contribution is 1.38. The Balaban J connectivity index is 2.15. The van der Waals surface area contributed by atoms with Crippen molar-refractivity contribution in [3.05, 3.63) is 65.7 Å². The molecule has 100 valence electrons. The minimum Gasteiger partial charge on any atom is -0.397 e. The number of hydrogen-bond acceptors (Lipinski definition) is 2. The molecule has 3 aromatic carbocycles. The van der Waals surface area contributed by atoms with Crippen molar-refractivity contribution >= 4 is 27.8 Å². The summed E-state index contributed by atoms with van der Waals surface area (Å²) in [6.07, 6.45) is 0. The van der Waals surface area contributed by atoms with Crippen LogP contribution in [0, 0.1) is 13.8 Å². The highest BCUT2D eigenvalue weighted by Gasteiger charge is 2.07. The molecule has 0 spiro atoms. The highest BCUT2D eigenvalue weighted by molar-refractivity contribution is 6.01. The summed E-state index contributed by atoms with van der Waals surface area (Å²) in [5.41, 5.74) is 11.5. The Morgan fingerprint density at radius 1 is 0.900 bits per heavy atom. The Hall–Kier alpha value is -2.48. The van der Waals surface area contributed by atoms with Crippen LogP contribution in [0.25, 0.3) is 10.8 Å². The number of fused-ring (bicyclic) bond motifs is 1. The lowest BCUT2D eigenvalue weighted by Gasteiger charge is -2.15. The van der Waals surface area contributed by atoms with E-state index in [-0.39, 0.29) is 0 Å². The van der Waals surface area contributed by atoms with Crippen molar-refractivity contribution < 1.29 is 0 Å². The maximum absolute atomic E-state index is 6.16. The largest absolute Gasteiger partial charge is 0.397 e. The van der Waals surface area contributed by atoms with E-state index in [9.17, 15) is 0 Å². The second-order valence-corrected chi connectivity index (χ2v) is 5.19. The summed E-state index contributed by atoms with van der Waals surface area (Å²) in [5, 5.41) is 5.84. The number of benzene rings is 3. The predicted octanol–water partition coefficient (Wildman–Crippen LogP) is 4.78. The van der Waals surface area contributed by atoms with Crippen LogP contribution in [0.15, 0.2) is 54.6 Å². The second kappa shape index (κ2) is 4.89. The van der Waals surface area contributed by atoms with Gasteiger partial charge in [0, 0.05) is 11.1 Å². The van der Waals surface area contributed by atoms with Gasteiger partial charge < -0.3 is 11.1 Å². The lowest BCUT2D eigenvalue weighted by atomic mass is 10.1. The third-order valence-electron chi connectivity index (χ3n) is 3.61. The highest BCUT2D eigenvalue weighted by Crippen LogP contribution is 2.33. The zero-order valence-corrected chi connectivity index (χ0v) is 11.8. The molecule has 3 rings (SSSR count). The van der Waals surface area contributed by atoms with Gasteiger partial charge in [-0.2, -0.15) is 0 Å². The number of nitrogen functional groups attached to an aromatic ring is 1. The van der Waals surface area contributed by atoms with E-state index in [1.807, 2.05) is 18.2 Å². The zero-order valence-electron chi connectivity index (χ0n) is 11.8. The normalized spacial score (nSPS) is 10.7. The second-order valence-electron chi connectivity index (χ2n) is 5.19. The van der Waals surface area contributed by atoms with Crippen LogP contribution in [0.2, 0.25) is 0 Å². The molecule has 0 aliphatic heterocycles. The van der Waals surface area contributed by atoms with Crippen LogP contribution in [0.4, 0.5) is 17.1 Å². The molecule has 20 heavy (non-hydrogen) atoms. The van der Waals surface area contributed by atoms with Crippen molar-refractivity contribution in [3.8, 4) is 0 Å². The topological polar surface area (TPSA) is 38.0 Å². The number of anilines is 3. The molecule has 3 aromatic rings. The predicted molar refractivity (Wildman–Crippen MR) is 87.6 cm³/mol. The number of rotatable bonds is 2. The number of hydrogen-bond donors (Lipinski definition) is 2. The number of nitrogens with two attached hydrogens (primary N) is 1. The Kier molecular flexibility index (Phi) is 3.07. The molecule has 0 aliphatic rings. The van der Waals surface area contributed by atoms with Crippen LogP contribution in [-0.4, -0.2) is 0 Å². The maximum Gasteiger partial charge on any atom is 0.0697 e. The molecular weight excluding hydrogens is 244 g/mol. The summed E-state index contributed by atoms with van der Waals surface area (Å²) in [6.45, 7) is 4.19. The van der Waals surface area contributed by atoms with Crippen molar-refractivity contribution in [2.24, 2.45) is 0 Å². The van der Waals surface area contributed by atoms with Gasteiger partial charge in [0.25, 0.3) is 0 Å². The van der Waals surface area contributed by atoms with Gasteiger partial charge in [0.15, 0.2) is 0 Å². The first-order chi connectivity index (χ1) is 9.65. The Bertz CT molecular complexity index is 775. The Morgan fingerprint density at radius 2 is 1.70 bits per heavy atom. The summed E-state index contributed by atoms with van der Waals surface area (Å²) in [5.74, 6) is 0. The van der Waals surface area contributed by atoms with Crippen molar-refractivity contribution in [2.75, 3.05) is 11.1 Å². The fourth-order valence-electron chi connectivity index (χ4n) is 2.43. The van der Waals surface area contributed by atoms with Gasteiger partial charge in [-0.15, -0.1) is 0 Å². The molecule has 0 bridgehead atoms. The van der Waals surface area contributed by atoms with E-state index in [4.69, 9.17) is 5.73 Å². The Labute approximate surface area is 119 Å². The quantitative estimate of drug-likeness (QED) is 0.652. The smallest absolute Gasteiger partial charge is 0.0697 e. The van der Waals surface area contributed by atoms with Gasteiger partial charge in [0.1, 0.15) is 0 Å².